The minimum absolute atomic E-state index is 0.238. The summed E-state index contributed by atoms with van der Waals surface area (Å²) in [5.41, 5.74) is 5.41. The van der Waals surface area contributed by atoms with Gasteiger partial charge in [0.25, 0.3) is 0 Å². The molecule has 5 heteroatoms. The summed E-state index contributed by atoms with van der Waals surface area (Å²) in [5.74, 6) is -0.613. The Morgan fingerprint density at radius 2 is 1.74 bits per heavy atom. The molecule has 1 heterocycles. The highest BCUT2D eigenvalue weighted by Crippen LogP contribution is 2.42. The minimum Gasteiger partial charge on any atom is -0.465 e. The largest absolute Gasteiger partial charge is 0.465 e. The number of hydrogen-bond donors (Lipinski definition) is 0. The van der Waals surface area contributed by atoms with Crippen molar-refractivity contribution in [3.05, 3.63) is 51.7 Å². The molecule has 27 heavy (non-hydrogen) atoms. The molecule has 5 nitrogen and oxygen atoms in total. The molecule has 0 saturated heterocycles. The van der Waals surface area contributed by atoms with Crippen LogP contribution in [0.1, 0.15) is 48.9 Å². The predicted molar refractivity (Wildman–Crippen MR) is 105 cm³/mol. The van der Waals surface area contributed by atoms with Crippen LogP contribution in [0.3, 0.4) is 0 Å². The highest BCUT2D eigenvalue weighted by molar-refractivity contribution is 6.13. The molecule has 1 aromatic rings. The summed E-state index contributed by atoms with van der Waals surface area (Å²) >= 11 is 0. The van der Waals surface area contributed by atoms with Crippen molar-refractivity contribution < 1.29 is 19.1 Å². The number of benzene rings is 1. The number of allylic oxidation sites excluding steroid dienone is 3. The number of carbonyl (C=O) groups is 2. The molecule has 2 atom stereocenters. The lowest BCUT2D eigenvalue weighted by Crippen LogP contribution is -2.36. The summed E-state index contributed by atoms with van der Waals surface area (Å²) in [5, 5.41) is 0. The third-order valence-corrected chi connectivity index (χ3v) is 4.87. The molecule has 0 spiro atoms. The van der Waals surface area contributed by atoms with Gasteiger partial charge in [0, 0.05) is 22.9 Å². The van der Waals surface area contributed by atoms with E-state index >= 15 is 0 Å². The number of aryl methyl sites for hydroxylation is 3. The van der Waals surface area contributed by atoms with Crippen molar-refractivity contribution in [1.82, 2.24) is 0 Å². The van der Waals surface area contributed by atoms with Crippen LogP contribution in [-0.4, -0.2) is 30.0 Å². The maximum absolute atomic E-state index is 12.8. The topological polar surface area (TPSA) is 72.8 Å². The number of esters is 1. The number of aliphatic imine (C=N–C) groups is 1. The normalized spacial score (nSPS) is 19.3. The first-order valence-corrected chi connectivity index (χ1v) is 8.98. The van der Waals surface area contributed by atoms with Crippen LogP contribution in [0.25, 0.3) is 0 Å². The van der Waals surface area contributed by atoms with Crippen LogP contribution in [0, 0.1) is 26.7 Å². The van der Waals surface area contributed by atoms with E-state index in [9.17, 15) is 14.4 Å². The molecule has 0 bridgehead atoms. The first kappa shape index (κ1) is 20.5. The van der Waals surface area contributed by atoms with Gasteiger partial charge in [-0.1, -0.05) is 17.7 Å². The van der Waals surface area contributed by atoms with Crippen LogP contribution in [0.2, 0.25) is 0 Å². The Morgan fingerprint density at radius 3 is 2.26 bits per heavy atom. The second-order valence-electron chi connectivity index (χ2n) is 6.90. The fraction of sp³-hybridized carbons (Fsp3) is 0.409. The van der Waals surface area contributed by atoms with E-state index in [-0.39, 0.29) is 6.61 Å². The van der Waals surface area contributed by atoms with Gasteiger partial charge in [-0.2, -0.15) is 0 Å². The van der Waals surface area contributed by atoms with Crippen molar-refractivity contribution in [2.24, 2.45) is 10.9 Å². The molecule has 0 radical (unpaired) electrons. The van der Waals surface area contributed by atoms with Crippen molar-refractivity contribution >= 4 is 23.4 Å². The first-order chi connectivity index (χ1) is 12.7. The van der Waals surface area contributed by atoms with Crippen LogP contribution in [0.5, 0.6) is 0 Å². The Balaban J connectivity index is 2.81. The van der Waals surface area contributed by atoms with Crippen molar-refractivity contribution in [2.75, 3.05) is 6.61 Å². The van der Waals surface area contributed by atoms with Crippen LogP contribution in [-0.2, 0) is 19.1 Å². The summed E-state index contributed by atoms with van der Waals surface area (Å²) < 4.78 is 5.29. The molecule has 142 valence electrons. The summed E-state index contributed by atoms with van der Waals surface area (Å²) in [4.78, 5) is 40.8. The van der Waals surface area contributed by atoms with Gasteiger partial charge in [-0.25, -0.2) is 4.79 Å². The summed E-state index contributed by atoms with van der Waals surface area (Å²) in [6.07, 6.45) is 0.864. The lowest BCUT2D eigenvalue weighted by Gasteiger charge is -2.33. The third-order valence-electron chi connectivity index (χ3n) is 4.87. The second-order valence-corrected chi connectivity index (χ2v) is 6.90. The van der Waals surface area contributed by atoms with Crippen LogP contribution < -0.4 is 0 Å². The zero-order valence-corrected chi connectivity index (χ0v) is 16.7. The van der Waals surface area contributed by atoms with E-state index in [2.05, 4.69) is 4.99 Å². The van der Waals surface area contributed by atoms with Crippen LogP contribution in [0.4, 0.5) is 0 Å². The van der Waals surface area contributed by atoms with Gasteiger partial charge in [-0.05, 0) is 58.2 Å². The molecule has 2 unspecified atom stereocenters. The van der Waals surface area contributed by atoms with Crippen LogP contribution in [0.15, 0.2) is 34.5 Å². The van der Waals surface area contributed by atoms with E-state index in [4.69, 9.17) is 4.74 Å². The molecular formula is C22H25NO4. The molecule has 0 aromatic heterocycles. The van der Waals surface area contributed by atoms with Crippen molar-refractivity contribution in [3.8, 4) is 0 Å². The van der Waals surface area contributed by atoms with Gasteiger partial charge in [0.2, 0.25) is 0 Å². The van der Waals surface area contributed by atoms with Gasteiger partial charge >= 0.3 is 5.97 Å². The number of rotatable bonds is 5. The van der Waals surface area contributed by atoms with Gasteiger partial charge in [0.05, 0.1) is 12.7 Å². The van der Waals surface area contributed by atoms with E-state index in [0.29, 0.717) is 17.0 Å². The summed E-state index contributed by atoms with van der Waals surface area (Å²) in [6.45, 7) is 11.4. The summed E-state index contributed by atoms with van der Waals surface area (Å²) in [6, 6.07) is 4.05. The number of nitrogens with zero attached hydrogens (tertiary/aromatic N) is 1. The second kappa shape index (κ2) is 8.28. The third kappa shape index (κ3) is 3.99. The maximum Gasteiger partial charge on any atom is 0.315 e. The van der Waals surface area contributed by atoms with E-state index in [1.54, 1.807) is 26.7 Å². The van der Waals surface area contributed by atoms with Crippen molar-refractivity contribution in [2.45, 2.75) is 47.5 Å². The Labute approximate surface area is 159 Å². The SMILES string of the molecule is CCOC(=O)C1C(C)=NC(C)=C(C(=O)C=C=O)C1c1c(C)cc(C)cc1C. The molecule has 0 saturated carbocycles. The lowest BCUT2D eigenvalue weighted by atomic mass is 9.71. The monoisotopic (exact) mass is 367 g/mol. The lowest BCUT2D eigenvalue weighted by molar-refractivity contribution is -0.146. The van der Waals surface area contributed by atoms with Crippen molar-refractivity contribution in [3.63, 3.8) is 0 Å². The highest BCUT2D eigenvalue weighted by Gasteiger charge is 2.42. The van der Waals surface area contributed by atoms with Crippen LogP contribution >= 0.6 is 0 Å². The Bertz CT molecular complexity index is 878. The number of carbonyl (C=O) groups excluding carboxylic acids is 3. The molecule has 1 aliphatic rings. The molecule has 0 fully saturated rings. The molecular weight excluding hydrogens is 342 g/mol. The first-order valence-electron chi connectivity index (χ1n) is 8.98. The quantitative estimate of drug-likeness (QED) is 0.453. The molecule has 2 rings (SSSR count). The van der Waals surface area contributed by atoms with Gasteiger partial charge in [-0.3, -0.25) is 14.6 Å². The standard InChI is InChI=1S/C22H25NO4/c1-7-27-22(26)20-16(6)23-15(5)19(17(25)8-9-24)21(20)18-13(3)10-12(2)11-14(18)4/h8,10-11,20-21H,7H2,1-6H3. The van der Waals surface area contributed by atoms with Gasteiger partial charge in [0.15, 0.2) is 5.78 Å². The zero-order valence-electron chi connectivity index (χ0n) is 16.7. The fourth-order valence-corrected chi connectivity index (χ4v) is 4.02. The molecule has 0 amide bonds. The minimum atomic E-state index is -0.715. The molecule has 1 aromatic carbocycles. The van der Waals surface area contributed by atoms with E-state index < -0.39 is 23.6 Å². The average Bonchev–Trinajstić information content (AvgIpc) is 2.53. The number of ether oxygens (including phenoxy) is 1. The van der Waals surface area contributed by atoms with Gasteiger partial charge in [-0.15, -0.1) is 0 Å². The van der Waals surface area contributed by atoms with Crippen molar-refractivity contribution in [1.29, 1.82) is 0 Å². The molecule has 1 aliphatic heterocycles. The van der Waals surface area contributed by atoms with Gasteiger partial charge in [0.1, 0.15) is 11.9 Å². The molecule has 0 N–H and O–H groups in total. The number of hydrogen-bond acceptors (Lipinski definition) is 5. The van der Waals surface area contributed by atoms with Gasteiger partial charge < -0.3 is 4.74 Å². The van der Waals surface area contributed by atoms with E-state index in [1.807, 2.05) is 32.9 Å². The van der Waals surface area contributed by atoms with E-state index in [0.717, 1.165) is 28.3 Å². The average molecular weight is 367 g/mol. The maximum atomic E-state index is 12.8. The highest BCUT2D eigenvalue weighted by atomic mass is 16.5. The Morgan fingerprint density at radius 1 is 1.15 bits per heavy atom. The van der Waals surface area contributed by atoms with E-state index in [1.165, 1.54) is 0 Å². The summed E-state index contributed by atoms with van der Waals surface area (Å²) in [7, 11) is 0. The Hall–Kier alpha value is -2.78. The fourth-order valence-electron chi connectivity index (χ4n) is 4.02. The Kier molecular flexibility index (Phi) is 6.29. The molecule has 0 aliphatic carbocycles. The smallest absolute Gasteiger partial charge is 0.315 e. The predicted octanol–water partition coefficient (Wildman–Crippen LogP) is 3.58. The zero-order chi connectivity index (χ0) is 20.3. The number of ketones is 1.